The third-order valence-electron chi connectivity index (χ3n) is 5.51. The standard InChI is InChI=1S/C21H34N2O5/c1-25-19-5-7-22(8-6-19)14-17-3-4-20(21(13-17)26-2)28-16-18(24)15-23-9-11-27-12-10-23/h3-4,13,18-19,24H,5-12,14-16H2,1-2H3/t18-/m1/s1. The smallest absolute Gasteiger partial charge is 0.161 e. The molecule has 0 aromatic heterocycles. The van der Waals surface area contributed by atoms with Crippen molar-refractivity contribution in [1.29, 1.82) is 0 Å². The van der Waals surface area contributed by atoms with Crippen LogP contribution >= 0.6 is 0 Å². The molecule has 2 aliphatic rings. The third-order valence-corrected chi connectivity index (χ3v) is 5.51. The molecule has 0 spiro atoms. The van der Waals surface area contributed by atoms with Crippen LogP contribution in [0.2, 0.25) is 0 Å². The molecule has 0 aliphatic carbocycles. The number of likely N-dealkylation sites (tertiary alicyclic amines) is 1. The number of nitrogens with zero attached hydrogens (tertiary/aromatic N) is 2. The van der Waals surface area contributed by atoms with E-state index in [1.54, 1.807) is 14.2 Å². The van der Waals surface area contributed by atoms with Gasteiger partial charge in [-0.05, 0) is 30.5 Å². The molecule has 7 heteroatoms. The number of morpholine rings is 1. The monoisotopic (exact) mass is 394 g/mol. The Bertz CT molecular complexity index is 586. The Balaban J connectivity index is 1.48. The van der Waals surface area contributed by atoms with Crippen molar-refractivity contribution in [2.45, 2.75) is 31.6 Å². The lowest BCUT2D eigenvalue weighted by Crippen LogP contribution is -2.42. The second-order valence-electron chi connectivity index (χ2n) is 7.57. The molecule has 1 aromatic carbocycles. The first-order chi connectivity index (χ1) is 13.7. The van der Waals surface area contributed by atoms with E-state index in [0.717, 1.165) is 58.8 Å². The van der Waals surface area contributed by atoms with Crippen molar-refractivity contribution in [3.8, 4) is 11.5 Å². The summed E-state index contributed by atoms with van der Waals surface area (Å²) in [5.74, 6) is 1.38. The van der Waals surface area contributed by atoms with Gasteiger partial charge in [0.25, 0.3) is 0 Å². The molecule has 28 heavy (non-hydrogen) atoms. The summed E-state index contributed by atoms with van der Waals surface area (Å²) in [7, 11) is 3.45. The van der Waals surface area contributed by atoms with Gasteiger partial charge in [0.1, 0.15) is 12.7 Å². The molecule has 0 radical (unpaired) electrons. The molecule has 3 rings (SSSR count). The summed E-state index contributed by atoms with van der Waals surface area (Å²) >= 11 is 0. The van der Waals surface area contributed by atoms with Gasteiger partial charge in [-0.3, -0.25) is 9.80 Å². The molecule has 158 valence electrons. The molecule has 2 aliphatic heterocycles. The summed E-state index contributed by atoms with van der Waals surface area (Å²) < 4.78 is 22.1. The highest BCUT2D eigenvalue weighted by atomic mass is 16.5. The van der Waals surface area contributed by atoms with Crippen LogP contribution in [-0.2, 0) is 16.0 Å². The van der Waals surface area contributed by atoms with E-state index in [1.807, 2.05) is 12.1 Å². The largest absolute Gasteiger partial charge is 0.493 e. The summed E-state index contributed by atoms with van der Waals surface area (Å²) in [6, 6.07) is 6.05. The number of piperidine rings is 1. The lowest BCUT2D eigenvalue weighted by atomic mass is 10.1. The predicted molar refractivity (Wildman–Crippen MR) is 107 cm³/mol. The van der Waals surface area contributed by atoms with Crippen molar-refractivity contribution in [1.82, 2.24) is 9.80 Å². The number of aliphatic hydroxyl groups excluding tert-OH is 1. The van der Waals surface area contributed by atoms with Crippen LogP contribution in [0.4, 0.5) is 0 Å². The number of methoxy groups -OCH3 is 2. The molecule has 2 heterocycles. The maximum absolute atomic E-state index is 10.3. The van der Waals surface area contributed by atoms with Crippen molar-refractivity contribution in [3.63, 3.8) is 0 Å². The van der Waals surface area contributed by atoms with E-state index in [1.165, 1.54) is 5.56 Å². The molecular weight excluding hydrogens is 360 g/mol. The summed E-state index contributed by atoms with van der Waals surface area (Å²) in [4.78, 5) is 4.64. The molecule has 1 aromatic rings. The molecule has 0 saturated carbocycles. The van der Waals surface area contributed by atoms with Gasteiger partial charge < -0.3 is 24.1 Å². The minimum Gasteiger partial charge on any atom is -0.493 e. The van der Waals surface area contributed by atoms with Gasteiger partial charge in [-0.15, -0.1) is 0 Å². The Labute approximate surface area is 168 Å². The second kappa shape index (κ2) is 11.0. The van der Waals surface area contributed by atoms with E-state index in [4.69, 9.17) is 18.9 Å². The maximum Gasteiger partial charge on any atom is 0.161 e. The number of rotatable bonds is 9. The quantitative estimate of drug-likeness (QED) is 0.679. The number of benzene rings is 1. The summed E-state index contributed by atoms with van der Waals surface area (Å²) in [6.45, 7) is 7.01. The van der Waals surface area contributed by atoms with Gasteiger partial charge in [0.05, 0.1) is 26.4 Å². The minimum atomic E-state index is -0.537. The van der Waals surface area contributed by atoms with Crippen LogP contribution in [0.1, 0.15) is 18.4 Å². The van der Waals surface area contributed by atoms with Gasteiger partial charge in [0, 0.05) is 46.4 Å². The summed E-state index contributed by atoms with van der Waals surface area (Å²) in [6.07, 6.45) is 2.01. The van der Waals surface area contributed by atoms with E-state index in [2.05, 4.69) is 15.9 Å². The van der Waals surface area contributed by atoms with Crippen LogP contribution in [-0.4, -0.2) is 93.9 Å². The highest BCUT2D eigenvalue weighted by molar-refractivity contribution is 5.43. The molecule has 1 N–H and O–H groups in total. The van der Waals surface area contributed by atoms with Gasteiger partial charge in [0.2, 0.25) is 0 Å². The Hall–Kier alpha value is -1.38. The van der Waals surface area contributed by atoms with E-state index < -0.39 is 6.10 Å². The number of hydrogen-bond donors (Lipinski definition) is 1. The minimum absolute atomic E-state index is 0.248. The van der Waals surface area contributed by atoms with Crippen molar-refractivity contribution in [2.75, 3.05) is 66.8 Å². The predicted octanol–water partition coefficient (Wildman–Crippen LogP) is 1.38. The maximum atomic E-state index is 10.3. The topological polar surface area (TPSA) is 63.6 Å². The first-order valence-corrected chi connectivity index (χ1v) is 10.2. The van der Waals surface area contributed by atoms with Crippen LogP contribution in [0.25, 0.3) is 0 Å². The van der Waals surface area contributed by atoms with Crippen molar-refractivity contribution < 1.29 is 24.1 Å². The Morgan fingerprint density at radius 1 is 1.07 bits per heavy atom. The van der Waals surface area contributed by atoms with Crippen LogP contribution in [0.15, 0.2) is 18.2 Å². The SMILES string of the molecule is COc1cc(CN2CCC(OC)CC2)ccc1OC[C@H](O)CN1CCOCC1. The number of aliphatic hydroxyl groups is 1. The zero-order valence-electron chi connectivity index (χ0n) is 17.1. The van der Waals surface area contributed by atoms with Gasteiger partial charge in [-0.25, -0.2) is 0 Å². The van der Waals surface area contributed by atoms with E-state index in [-0.39, 0.29) is 6.61 Å². The zero-order valence-corrected chi connectivity index (χ0v) is 17.1. The van der Waals surface area contributed by atoms with Crippen LogP contribution in [0.3, 0.4) is 0 Å². The first kappa shape index (κ1) is 21.3. The fourth-order valence-electron chi connectivity index (χ4n) is 3.81. The molecule has 7 nitrogen and oxygen atoms in total. The van der Waals surface area contributed by atoms with Crippen molar-refractivity contribution in [3.05, 3.63) is 23.8 Å². The van der Waals surface area contributed by atoms with Crippen molar-refractivity contribution in [2.24, 2.45) is 0 Å². The summed E-state index contributed by atoms with van der Waals surface area (Å²) in [5.41, 5.74) is 1.20. The lowest BCUT2D eigenvalue weighted by molar-refractivity contribution is 0.00445. The first-order valence-electron chi connectivity index (χ1n) is 10.2. The summed E-state index contributed by atoms with van der Waals surface area (Å²) in [5, 5.41) is 10.3. The Morgan fingerprint density at radius 3 is 2.50 bits per heavy atom. The zero-order chi connectivity index (χ0) is 19.8. The Morgan fingerprint density at radius 2 is 1.82 bits per heavy atom. The average molecular weight is 395 g/mol. The van der Waals surface area contributed by atoms with Gasteiger partial charge in [-0.2, -0.15) is 0 Å². The highest BCUT2D eigenvalue weighted by Gasteiger charge is 2.20. The molecule has 2 fully saturated rings. The van der Waals surface area contributed by atoms with Gasteiger partial charge in [0.15, 0.2) is 11.5 Å². The van der Waals surface area contributed by atoms with Crippen LogP contribution in [0.5, 0.6) is 11.5 Å². The average Bonchev–Trinajstić information content (AvgIpc) is 2.74. The highest BCUT2D eigenvalue weighted by Crippen LogP contribution is 2.29. The number of β-amino-alcohol motifs (C(OH)–C–C–N with tert-alkyl or cyclic N) is 1. The second-order valence-corrected chi connectivity index (χ2v) is 7.57. The normalized spacial score (nSPS) is 20.8. The molecular formula is C21H34N2O5. The molecule has 1 atom stereocenters. The third kappa shape index (κ3) is 6.32. The lowest BCUT2D eigenvalue weighted by Gasteiger charge is -2.31. The van der Waals surface area contributed by atoms with E-state index in [9.17, 15) is 5.11 Å². The molecule has 2 saturated heterocycles. The van der Waals surface area contributed by atoms with Gasteiger partial charge in [-0.1, -0.05) is 6.07 Å². The molecule has 0 amide bonds. The fraction of sp³-hybridized carbons (Fsp3) is 0.714. The van der Waals surface area contributed by atoms with Crippen LogP contribution < -0.4 is 9.47 Å². The van der Waals surface area contributed by atoms with E-state index in [0.29, 0.717) is 24.1 Å². The van der Waals surface area contributed by atoms with Crippen molar-refractivity contribution >= 4 is 0 Å². The fourth-order valence-corrected chi connectivity index (χ4v) is 3.81. The number of hydrogen-bond acceptors (Lipinski definition) is 7. The number of ether oxygens (including phenoxy) is 4. The van der Waals surface area contributed by atoms with E-state index >= 15 is 0 Å². The van der Waals surface area contributed by atoms with Crippen LogP contribution in [0, 0.1) is 0 Å². The van der Waals surface area contributed by atoms with Gasteiger partial charge >= 0.3 is 0 Å². The molecule has 0 bridgehead atoms. The Kier molecular flexibility index (Phi) is 8.36. The molecule has 0 unspecified atom stereocenters.